The molecule has 0 spiro atoms. The summed E-state index contributed by atoms with van der Waals surface area (Å²) in [6.07, 6.45) is 1.57. The van der Waals surface area contributed by atoms with Gasteiger partial charge in [0.25, 0.3) is 5.91 Å². The van der Waals surface area contributed by atoms with Crippen LogP contribution in [0, 0.1) is 5.82 Å². The molecule has 1 amide bonds. The van der Waals surface area contributed by atoms with Crippen molar-refractivity contribution in [2.24, 2.45) is 0 Å². The maximum absolute atomic E-state index is 12.7. The lowest BCUT2D eigenvalue weighted by molar-refractivity contribution is -0.118. The minimum Gasteiger partial charge on any atom is -0.482 e. The fraction of sp³-hybridized carbons (Fsp3) is 0.200. The molecule has 21 heavy (non-hydrogen) atoms. The van der Waals surface area contributed by atoms with Crippen LogP contribution in [-0.4, -0.2) is 24.5 Å². The van der Waals surface area contributed by atoms with Crippen molar-refractivity contribution >= 4 is 11.6 Å². The number of hydrogen-bond acceptors (Lipinski definition) is 4. The molecule has 1 heterocycles. The summed E-state index contributed by atoms with van der Waals surface area (Å²) in [5, 5.41) is 5.60. The molecule has 110 valence electrons. The van der Waals surface area contributed by atoms with E-state index in [1.54, 1.807) is 12.3 Å². The van der Waals surface area contributed by atoms with Gasteiger partial charge in [-0.3, -0.25) is 9.78 Å². The number of rotatable bonds is 6. The summed E-state index contributed by atoms with van der Waals surface area (Å²) in [5.74, 6) is -0.151. The Labute approximate surface area is 122 Å². The molecule has 1 aromatic carbocycles. The average molecular weight is 289 g/mol. The highest BCUT2D eigenvalue weighted by Crippen LogP contribution is 2.10. The van der Waals surface area contributed by atoms with Crippen molar-refractivity contribution in [2.45, 2.75) is 6.54 Å². The smallest absolute Gasteiger partial charge is 0.262 e. The van der Waals surface area contributed by atoms with Gasteiger partial charge in [-0.2, -0.15) is 0 Å². The second-order valence-electron chi connectivity index (χ2n) is 4.36. The summed E-state index contributed by atoms with van der Waals surface area (Å²) in [4.78, 5) is 15.9. The summed E-state index contributed by atoms with van der Waals surface area (Å²) in [6.45, 7) is 0.537. The molecule has 2 N–H and O–H groups in total. The molecule has 0 aliphatic carbocycles. The summed E-state index contributed by atoms with van der Waals surface area (Å²) < 4.78 is 18.1. The molecule has 0 unspecified atom stereocenters. The number of benzene rings is 1. The highest BCUT2D eigenvalue weighted by atomic mass is 19.1. The van der Waals surface area contributed by atoms with Crippen LogP contribution in [0.25, 0.3) is 0 Å². The first kappa shape index (κ1) is 14.9. The van der Waals surface area contributed by atoms with Gasteiger partial charge in [-0.15, -0.1) is 0 Å². The van der Waals surface area contributed by atoms with E-state index in [2.05, 4.69) is 15.6 Å². The second kappa shape index (κ2) is 7.35. The van der Waals surface area contributed by atoms with Crippen LogP contribution >= 0.6 is 0 Å². The number of nitrogens with one attached hydrogen (secondary N) is 2. The molecule has 2 aromatic rings. The molecule has 0 aliphatic heterocycles. The largest absolute Gasteiger partial charge is 0.482 e. The zero-order valence-electron chi connectivity index (χ0n) is 11.6. The van der Waals surface area contributed by atoms with E-state index in [1.165, 1.54) is 24.3 Å². The Balaban J connectivity index is 1.81. The van der Waals surface area contributed by atoms with E-state index in [-0.39, 0.29) is 18.3 Å². The Morgan fingerprint density at radius 3 is 2.62 bits per heavy atom. The number of pyridine rings is 1. The summed E-state index contributed by atoms with van der Waals surface area (Å²) >= 11 is 0. The fourth-order valence-corrected chi connectivity index (χ4v) is 1.66. The molecule has 0 atom stereocenters. The fourth-order valence-electron chi connectivity index (χ4n) is 1.66. The molecule has 1 aromatic heterocycles. The lowest BCUT2D eigenvalue weighted by Crippen LogP contribution is -2.20. The number of hydrogen-bond donors (Lipinski definition) is 2. The van der Waals surface area contributed by atoms with E-state index in [0.717, 1.165) is 5.69 Å². The zero-order valence-corrected chi connectivity index (χ0v) is 11.6. The number of anilines is 1. The van der Waals surface area contributed by atoms with Gasteiger partial charge in [-0.25, -0.2) is 4.39 Å². The number of halogens is 1. The third-order valence-corrected chi connectivity index (χ3v) is 2.65. The van der Waals surface area contributed by atoms with Crippen LogP contribution < -0.4 is 15.4 Å². The summed E-state index contributed by atoms with van der Waals surface area (Å²) in [7, 11) is 1.84. The standard InChI is InChI=1S/C15H16FN3O2/c1-17-8-13-6-7-14(9-18-13)21-10-15(20)19-12-4-2-11(16)3-5-12/h2-7,9,17H,8,10H2,1H3,(H,19,20). The molecule has 6 heteroatoms. The van der Waals surface area contributed by atoms with E-state index in [0.29, 0.717) is 18.0 Å². The van der Waals surface area contributed by atoms with Gasteiger partial charge in [-0.05, 0) is 43.4 Å². The maximum atomic E-state index is 12.7. The van der Waals surface area contributed by atoms with Crippen LogP contribution in [0.5, 0.6) is 5.75 Å². The van der Waals surface area contributed by atoms with Crippen molar-refractivity contribution in [1.82, 2.24) is 10.3 Å². The van der Waals surface area contributed by atoms with Crippen molar-refractivity contribution in [2.75, 3.05) is 19.0 Å². The first-order chi connectivity index (χ1) is 10.2. The molecule has 0 radical (unpaired) electrons. The Hall–Kier alpha value is -2.47. The Bertz CT molecular complexity index is 585. The monoisotopic (exact) mass is 289 g/mol. The predicted molar refractivity (Wildman–Crippen MR) is 77.5 cm³/mol. The first-order valence-corrected chi connectivity index (χ1v) is 6.45. The van der Waals surface area contributed by atoms with Gasteiger partial charge in [-0.1, -0.05) is 0 Å². The van der Waals surface area contributed by atoms with Crippen molar-refractivity contribution in [3.05, 3.63) is 54.1 Å². The third-order valence-electron chi connectivity index (χ3n) is 2.65. The first-order valence-electron chi connectivity index (χ1n) is 6.45. The van der Waals surface area contributed by atoms with Crippen molar-refractivity contribution in [1.29, 1.82) is 0 Å². The molecule has 0 saturated carbocycles. The van der Waals surface area contributed by atoms with E-state index < -0.39 is 0 Å². The molecular weight excluding hydrogens is 273 g/mol. The Kier molecular flexibility index (Phi) is 5.22. The van der Waals surface area contributed by atoms with Gasteiger partial charge >= 0.3 is 0 Å². The van der Waals surface area contributed by atoms with Crippen LogP contribution in [-0.2, 0) is 11.3 Å². The van der Waals surface area contributed by atoms with Crippen molar-refractivity contribution in [3.63, 3.8) is 0 Å². The Morgan fingerprint density at radius 2 is 2.00 bits per heavy atom. The number of aromatic nitrogens is 1. The predicted octanol–water partition coefficient (Wildman–Crippen LogP) is 1.96. The minimum atomic E-state index is -0.350. The van der Waals surface area contributed by atoms with Crippen LogP contribution in [0.3, 0.4) is 0 Å². The highest BCUT2D eigenvalue weighted by molar-refractivity contribution is 5.91. The molecule has 2 rings (SSSR count). The van der Waals surface area contributed by atoms with Gasteiger partial charge in [0, 0.05) is 12.2 Å². The molecular formula is C15H16FN3O2. The van der Waals surface area contributed by atoms with Gasteiger partial charge < -0.3 is 15.4 Å². The minimum absolute atomic E-state index is 0.134. The lowest BCUT2D eigenvalue weighted by atomic mass is 10.3. The van der Waals surface area contributed by atoms with Crippen LogP contribution in [0.2, 0.25) is 0 Å². The quantitative estimate of drug-likeness (QED) is 0.853. The van der Waals surface area contributed by atoms with Crippen LogP contribution in [0.4, 0.5) is 10.1 Å². The topological polar surface area (TPSA) is 63.2 Å². The van der Waals surface area contributed by atoms with Gasteiger partial charge in [0.1, 0.15) is 11.6 Å². The third kappa shape index (κ3) is 4.85. The normalized spacial score (nSPS) is 10.2. The lowest BCUT2D eigenvalue weighted by Gasteiger charge is -2.08. The second-order valence-corrected chi connectivity index (χ2v) is 4.36. The van der Waals surface area contributed by atoms with Crippen LogP contribution in [0.1, 0.15) is 5.69 Å². The number of carbonyl (C=O) groups is 1. The molecule has 5 nitrogen and oxygen atoms in total. The molecule has 0 saturated heterocycles. The van der Waals surface area contributed by atoms with Gasteiger partial charge in [0.05, 0.1) is 11.9 Å². The van der Waals surface area contributed by atoms with Gasteiger partial charge in [0.15, 0.2) is 6.61 Å². The van der Waals surface area contributed by atoms with Gasteiger partial charge in [0.2, 0.25) is 0 Å². The van der Waals surface area contributed by atoms with E-state index in [1.807, 2.05) is 13.1 Å². The molecule has 0 fully saturated rings. The van der Waals surface area contributed by atoms with Crippen molar-refractivity contribution < 1.29 is 13.9 Å². The molecule has 0 bridgehead atoms. The number of amides is 1. The summed E-state index contributed by atoms with van der Waals surface area (Å²) in [5.41, 5.74) is 1.41. The van der Waals surface area contributed by atoms with E-state index in [9.17, 15) is 9.18 Å². The highest BCUT2D eigenvalue weighted by Gasteiger charge is 2.04. The number of nitrogens with zero attached hydrogens (tertiary/aromatic N) is 1. The number of carbonyl (C=O) groups excluding carboxylic acids is 1. The zero-order chi connectivity index (χ0) is 15.1. The number of ether oxygens (including phenoxy) is 1. The summed E-state index contributed by atoms with van der Waals surface area (Å²) in [6, 6.07) is 9.11. The van der Waals surface area contributed by atoms with Crippen molar-refractivity contribution in [3.8, 4) is 5.75 Å². The van der Waals surface area contributed by atoms with E-state index in [4.69, 9.17) is 4.74 Å². The van der Waals surface area contributed by atoms with E-state index >= 15 is 0 Å². The average Bonchev–Trinajstić information content (AvgIpc) is 2.49. The molecule has 0 aliphatic rings. The maximum Gasteiger partial charge on any atom is 0.262 e. The van der Waals surface area contributed by atoms with Crippen LogP contribution in [0.15, 0.2) is 42.6 Å². The Morgan fingerprint density at radius 1 is 1.24 bits per heavy atom. The SMILES string of the molecule is CNCc1ccc(OCC(=O)Nc2ccc(F)cc2)cn1.